The lowest BCUT2D eigenvalue weighted by Gasteiger charge is -2.26. The molecule has 7 heteroatoms. The molecule has 0 aliphatic carbocycles. The fraction of sp³-hybridized carbons (Fsp3) is 0.360. The first kappa shape index (κ1) is 23.3. The van der Waals surface area contributed by atoms with E-state index in [-0.39, 0.29) is 18.4 Å². The summed E-state index contributed by atoms with van der Waals surface area (Å²) < 4.78 is 0. The Morgan fingerprint density at radius 1 is 1.09 bits per heavy atom. The van der Waals surface area contributed by atoms with Crippen molar-refractivity contribution >= 4 is 28.5 Å². The number of rotatable bonds is 9. The summed E-state index contributed by atoms with van der Waals surface area (Å²) in [5.74, 6) is -0.386. The molecule has 3 amide bonds. The minimum Gasteiger partial charge on any atom is -0.394 e. The summed E-state index contributed by atoms with van der Waals surface area (Å²) in [7, 11) is 0. The third-order valence-corrected chi connectivity index (χ3v) is 5.77. The number of para-hydroxylation sites is 1. The maximum Gasteiger partial charge on any atom is 0.319 e. The number of hydrogen-bond acceptors (Lipinski definition) is 3. The van der Waals surface area contributed by atoms with Crippen molar-refractivity contribution < 1.29 is 14.7 Å². The Morgan fingerprint density at radius 3 is 2.59 bits per heavy atom. The Hall–Kier alpha value is -3.32. The number of benzene rings is 2. The lowest BCUT2D eigenvalue weighted by atomic mass is 9.97. The Balaban J connectivity index is 1.66. The number of anilines is 1. The number of amides is 3. The largest absolute Gasteiger partial charge is 0.394 e. The molecule has 1 aromatic heterocycles. The quantitative estimate of drug-likeness (QED) is 0.353. The Morgan fingerprint density at radius 2 is 1.88 bits per heavy atom. The minimum absolute atomic E-state index is 0.0781. The van der Waals surface area contributed by atoms with Gasteiger partial charge in [0.2, 0.25) is 5.91 Å². The van der Waals surface area contributed by atoms with Gasteiger partial charge in [-0.1, -0.05) is 50.6 Å². The molecule has 0 spiro atoms. The zero-order valence-electron chi connectivity index (χ0n) is 18.8. The monoisotopic (exact) mass is 436 g/mol. The zero-order chi connectivity index (χ0) is 23.1. The summed E-state index contributed by atoms with van der Waals surface area (Å²) in [4.78, 5) is 28.9. The molecule has 7 nitrogen and oxygen atoms in total. The second-order valence-electron chi connectivity index (χ2n) is 8.28. The Bertz CT molecular complexity index is 1060. The standard InChI is InChI=1S/C25H32N4O3/c1-4-17(3)23(29-25(32)28-19-9-7-8-16(2)12-19)24(31)27-20(15-30)13-18-14-26-22-11-6-5-10-21(18)22/h5-12,14,17,20,23,26,30H,4,13,15H2,1-3H3,(H,27,31)(H2,28,29,32)/t17?,20-,23-/m0/s1. The molecular weight excluding hydrogens is 404 g/mol. The van der Waals surface area contributed by atoms with Crippen molar-refractivity contribution in [3.05, 3.63) is 65.9 Å². The number of aliphatic hydroxyl groups is 1. The van der Waals surface area contributed by atoms with Crippen LogP contribution in [0.1, 0.15) is 31.4 Å². The van der Waals surface area contributed by atoms with Gasteiger partial charge in [-0.3, -0.25) is 4.79 Å². The van der Waals surface area contributed by atoms with Crippen LogP contribution < -0.4 is 16.0 Å². The molecule has 1 unspecified atom stereocenters. The van der Waals surface area contributed by atoms with E-state index in [2.05, 4.69) is 20.9 Å². The number of H-pyrrole nitrogens is 1. The smallest absolute Gasteiger partial charge is 0.319 e. The van der Waals surface area contributed by atoms with Crippen molar-refractivity contribution in [2.24, 2.45) is 5.92 Å². The lowest BCUT2D eigenvalue weighted by molar-refractivity contribution is -0.125. The molecule has 0 aliphatic heterocycles. The molecule has 3 atom stereocenters. The molecular formula is C25H32N4O3. The first-order valence-corrected chi connectivity index (χ1v) is 11.0. The average molecular weight is 437 g/mol. The van der Waals surface area contributed by atoms with Crippen molar-refractivity contribution in [3.63, 3.8) is 0 Å². The summed E-state index contributed by atoms with van der Waals surface area (Å²) in [6.45, 7) is 5.64. The van der Waals surface area contributed by atoms with Gasteiger partial charge in [0.05, 0.1) is 12.6 Å². The number of aromatic amines is 1. The summed E-state index contributed by atoms with van der Waals surface area (Å²) in [5.41, 5.74) is 3.73. The Kier molecular flexibility index (Phi) is 7.89. The molecule has 0 saturated carbocycles. The maximum atomic E-state index is 13.1. The van der Waals surface area contributed by atoms with Crippen LogP contribution in [0.15, 0.2) is 54.7 Å². The molecule has 0 fully saturated rings. The first-order valence-electron chi connectivity index (χ1n) is 11.0. The minimum atomic E-state index is -0.721. The number of carbonyl (C=O) groups is 2. The van der Waals surface area contributed by atoms with Gasteiger partial charge in [0.25, 0.3) is 0 Å². The summed E-state index contributed by atoms with van der Waals surface area (Å²) >= 11 is 0. The zero-order valence-corrected chi connectivity index (χ0v) is 18.8. The molecule has 32 heavy (non-hydrogen) atoms. The van der Waals surface area contributed by atoms with Crippen LogP contribution in [0.25, 0.3) is 10.9 Å². The van der Waals surface area contributed by atoms with E-state index < -0.39 is 18.1 Å². The van der Waals surface area contributed by atoms with E-state index in [1.54, 1.807) is 6.07 Å². The normalized spacial score (nSPS) is 13.9. The molecule has 1 heterocycles. The van der Waals surface area contributed by atoms with E-state index in [4.69, 9.17) is 0 Å². The SMILES string of the molecule is CCC(C)[C@H](NC(=O)Nc1cccc(C)c1)C(=O)N[C@H](CO)Cc1c[nH]c2ccccc12. The molecule has 0 aliphatic rings. The lowest BCUT2D eigenvalue weighted by Crippen LogP contribution is -2.54. The third kappa shape index (κ3) is 5.88. The van der Waals surface area contributed by atoms with Crippen LogP contribution in [0.5, 0.6) is 0 Å². The predicted octanol–water partition coefficient (Wildman–Crippen LogP) is 3.73. The third-order valence-electron chi connectivity index (χ3n) is 5.77. The van der Waals surface area contributed by atoms with Gasteiger partial charge in [-0.05, 0) is 48.6 Å². The van der Waals surface area contributed by atoms with Gasteiger partial charge in [0.1, 0.15) is 6.04 Å². The molecule has 170 valence electrons. The molecule has 0 radical (unpaired) electrons. The molecule has 2 aromatic carbocycles. The van der Waals surface area contributed by atoms with Crippen molar-refractivity contribution in [2.45, 2.75) is 45.7 Å². The van der Waals surface area contributed by atoms with Gasteiger partial charge < -0.3 is 26.0 Å². The topological polar surface area (TPSA) is 106 Å². The number of carbonyl (C=O) groups excluding carboxylic acids is 2. The number of hydrogen-bond donors (Lipinski definition) is 5. The number of fused-ring (bicyclic) bond motifs is 1. The van der Waals surface area contributed by atoms with Gasteiger partial charge in [-0.25, -0.2) is 4.79 Å². The number of aromatic nitrogens is 1. The predicted molar refractivity (Wildman–Crippen MR) is 128 cm³/mol. The van der Waals surface area contributed by atoms with Gasteiger partial charge in [0, 0.05) is 22.8 Å². The van der Waals surface area contributed by atoms with Gasteiger partial charge in [-0.15, -0.1) is 0 Å². The van der Waals surface area contributed by atoms with E-state index in [9.17, 15) is 14.7 Å². The summed E-state index contributed by atoms with van der Waals surface area (Å²) in [5, 5.41) is 19.5. The van der Waals surface area contributed by atoms with Crippen molar-refractivity contribution in [2.75, 3.05) is 11.9 Å². The van der Waals surface area contributed by atoms with Crippen LogP contribution in [0.3, 0.4) is 0 Å². The van der Waals surface area contributed by atoms with Gasteiger partial charge in [-0.2, -0.15) is 0 Å². The van der Waals surface area contributed by atoms with Gasteiger partial charge >= 0.3 is 6.03 Å². The van der Waals surface area contributed by atoms with Crippen LogP contribution in [-0.2, 0) is 11.2 Å². The second-order valence-corrected chi connectivity index (χ2v) is 8.28. The van der Waals surface area contributed by atoms with Crippen molar-refractivity contribution in [3.8, 4) is 0 Å². The first-order chi connectivity index (χ1) is 15.4. The van der Waals surface area contributed by atoms with Crippen molar-refractivity contribution in [1.82, 2.24) is 15.6 Å². The van der Waals surface area contributed by atoms with Crippen LogP contribution in [0.2, 0.25) is 0 Å². The molecule has 5 N–H and O–H groups in total. The molecule has 0 saturated heterocycles. The van der Waals surface area contributed by atoms with Crippen LogP contribution >= 0.6 is 0 Å². The molecule has 3 rings (SSSR count). The molecule has 0 bridgehead atoms. The van der Waals surface area contributed by atoms with E-state index in [0.29, 0.717) is 12.1 Å². The maximum absolute atomic E-state index is 13.1. The summed E-state index contributed by atoms with van der Waals surface area (Å²) in [6.07, 6.45) is 3.10. The fourth-order valence-corrected chi connectivity index (χ4v) is 3.75. The van der Waals surface area contributed by atoms with Crippen LogP contribution in [0, 0.1) is 12.8 Å². The number of aryl methyl sites for hydroxylation is 1. The van der Waals surface area contributed by atoms with Crippen LogP contribution in [-0.4, -0.2) is 40.7 Å². The Labute approximate surface area is 188 Å². The van der Waals surface area contributed by atoms with E-state index in [1.165, 1.54) is 0 Å². The van der Waals surface area contributed by atoms with Crippen LogP contribution in [0.4, 0.5) is 10.5 Å². The van der Waals surface area contributed by atoms with E-state index >= 15 is 0 Å². The fourth-order valence-electron chi connectivity index (χ4n) is 3.75. The number of nitrogens with one attached hydrogen (secondary N) is 4. The highest BCUT2D eigenvalue weighted by molar-refractivity contribution is 5.94. The number of aliphatic hydroxyl groups excluding tert-OH is 1. The number of urea groups is 1. The second kappa shape index (κ2) is 10.8. The summed E-state index contributed by atoms with van der Waals surface area (Å²) in [6, 6.07) is 13.8. The highest BCUT2D eigenvalue weighted by Crippen LogP contribution is 2.19. The highest BCUT2D eigenvalue weighted by atomic mass is 16.3. The molecule has 3 aromatic rings. The van der Waals surface area contributed by atoms with Crippen molar-refractivity contribution in [1.29, 1.82) is 0 Å². The highest BCUT2D eigenvalue weighted by Gasteiger charge is 2.28. The average Bonchev–Trinajstić information content (AvgIpc) is 3.19. The van der Waals surface area contributed by atoms with E-state index in [0.717, 1.165) is 28.5 Å². The van der Waals surface area contributed by atoms with E-state index in [1.807, 2.05) is 69.4 Å². The van der Waals surface area contributed by atoms with Gasteiger partial charge in [0.15, 0.2) is 0 Å².